The highest BCUT2D eigenvalue weighted by atomic mass is 16.5. The number of ether oxygens (including phenoxy) is 1. The minimum atomic E-state index is -0.726. The molecule has 86 valence electrons. The normalized spacial score (nSPS) is 18.6. The maximum atomic E-state index is 11.0. The van der Waals surface area contributed by atoms with E-state index in [0.29, 0.717) is 6.42 Å². The second kappa shape index (κ2) is 4.16. The molecule has 3 nitrogen and oxygen atoms in total. The predicted octanol–water partition coefficient (Wildman–Crippen LogP) is 2.59. The van der Waals surface area contributed by atoms with Crippen LogP contribution in [-0.4, -0.2) is 17.2 Å². The average Bonchev–Trinajstić information content (AvgIpc) is 2.59. The molecule has 1 atom stereocenters. The molecule has 1 aliphatic rings. The number of fused-ring (bicyclic) bond motifs is 1. The Morgan fingerprint density at radius 2 is 2.25 bits per heavy atom. The van der Waals surface area contributed by atoms with E-state index in [1.54, 1.807) is 0 Å². The summed E-state index contributed by atoms with van der Waals surface area (Å²) in [6.07, 6.45) is 1.69. The van der Waals surface area contributed by atoms with Crippen molar-refractivity contribution in [2.45, 2.75) is 38.7 Å². The van der Waals surface area contributed by atoms with E-state index in [2.05, 4.69) is 0 Å². The monoisotopic (exact) mass is 220 g/mol. The lowest BCUT2D eigenvalue weighted by Gasteiger charge is -2.11. The van der Waals surface area contributed by atoms with Crippen LogP contribution in [0.1, 0.15) is 37.3 Å². The van der Waals surface area contributed by atoms with Gasteiger partial charge in [-0.3, -0.25) is 4.79 Å². The van der Waals surface area contributed by atoms with Crippen LogP contribution in [0.4, 0.5) is 0 Å². The fraction of sp³-hybridized carbons (Fsp3) is 0.462. The molecule has 0 saturated carbocycles. The number of rotatable bonds is 3. The Hall–Kier alpha value is -1.51. The minimum absolute atomic E-state index is 0.148. The molecule has 0 heterocycles. The average molecular weight is 220 g/mol. The third-order valence-electron chi connectivity index (χ3n) is 2.86. The van der Waals surface area contributed by atoms with E-state index in [1.807, 2.05) is 32.0 Å². The molecular weight excluding hydrogens is 204 g/mol. The molecule has 0 amide bonds. The third-order valence-corrected chi connectivity index (χ3v) is 2.86. The Kier molecular flexibility index (Phi) is 2.86. The molecule has 1 unspecified atom stereocenters. The molecule has 0 aliphatic heterocycles. The lowest BCUT2D eigenvalue weighted by molar-refractivity contribution is -0.138. The number of benzene rings is 1. The lowest BCUT2D eigenvalue weighted by atomic mass is 10.0. The summed E-state index contributed by atoms with van der Waals surface area (Å²) in [6.45, 7) is 3.96. The van der Waals surface area contributed by atoms with Crippen LogP contribution in [0.2, 0.25) is 0 Å². The van der Waals surface area contributed by atoms with Gasteiger partial charge in [0.1, 0.15) is 5.75 Å². The highest BCUT2D eigenvalue weighted by Crippen LogP contribution is 2.35. The summed E-state index contributed by atoms with van der Waals surface area (Å²) in [7, 11) is 0. The Morgan fingerprint density at radius 3 is 2.88 bits per heavy atom. The summed E-state index contributed by atoms with van der Waals surface area (Å²) in [5, 5.41) is 9.04. The number of aryl methyl sites for hydroxylation is 1. The van der Waals surface area contributed by atoms with Crippen LogP contribution in [0, 0.1) is 0 Å². The van der Waals surface area contributed by atoms with Gasteiger partial charge in [-0.05, 0) is 49.9 Å². The van der Waals surface area contributed by atoms with Gasteiger partial charge in [-0.1, -0.05) is 6.07 Å². The first kappa shape index (κ1) is 11.0. The van der Waals surface area contributed by atoms with Gasteiger partial charge in [0, 0.05) is 0 Å². The fourth-order valence-corrected chi connectivity index (χ4v) is 2.20. The van der Waals surface area contributed by atoms with Crippen LogP contribution >= 0.6 is 0 Å². The summed E-state index contributed by atoms with van der Waals surface area (Å²) in [6, 6.07) is 5.72. The summed E-state index contributed by atoms with van der Waals surface area (Å²) >= 11 is 0. The number of hydrogen-bond acceptors (Lipinski definition) is 2. The van der Waals surface area contributed by atoms with Crippen molar-refractivity contribution in [1.82, 2.24) is 0 Å². The maximum Gasteiger partial charge on any atom is 0.310 e. The maximum absolute atomic E-state index is 11.0. The molecule has 0 fully saturated rings. The molecule has 1 aromatic rings. The van der Waals surface area contributed by atoms with E-state index in [1.165, 1.54) is 0 Å². The van der Waals surface area contributed by atoms with Gasteiger partial charge in [0.2, 0.25) is 0 Å². The summed E-state index contributed by atoms with van der Waals surface area (Å²) in [5.41, 5.74) is 2.06. The molecule has 1 aliphatic carbocycles. The van der Waals surface area contributed by atoms with E-state index >= 15 is 0 Å². The van der Waals surface area contributed by atoms with Crippen LogP contribution < -0.4 is 4.74 Å². The molecule has 1 aromatic carbocycles. The zero-order valence-electron chi connectivity index (χ0n) is 9.56. The number of carbonyl (C=O) groups is 1. The smallest absolute Gasteiger partial charge is 0.310 e. The van der Waals surface area contributed by atoms with Crippen molar-refractivity contribution in [3.05, 3.63) is 29.3 Å². The Balaban J connectivity index is 2.25. The van der Waals surface area contributed by atoms with Gasteiger partial charge in [0.25, 0.3) is 0 Å². The van der Waals surface area contributed by atoms with Gasteiger partial charge in [-0.2, -0.15) is 0 Å². The highest BCUT2D eigenvalue weighted by molar-refractivity contribution is 5.78. The molecule has 16 heavy (non-hydrogen) atoms. The standard InChI is InChI=1S/C13H16O3/c1-8(2)16-10-4-6-11-9(7-10)3-5-12(11)13(14)15/h4,6-8,12H,3,5H2,1-2H3,(H,14,15). The Bertz CT molecular complexity index is 410. The predicted molar refractivity (Wildman–Crippen MR) is 60.9 cm³/mol. The fourth-order valence-electron chi connectivity index (χ4n) is 2.20. The van der Waals surface area contributed by atoms with E-state index < -0.39 is 5.97 Å². The van der Waals surface area contributed by atoms with Crippen LogP contribution in [0.15, 0.2) is 18.2 Å². The number of carboxylic acid groups (broad SMARTS) is 1. The molecule has 3 heteroatoms. The van der Waals surface area contributed by atoms with Gasteiger partial charge < -0.3 is 9.84 Å². The molecule has 1 N–H and O–H groups in total. The van der Waals surface area contributed by atoms with Crippen molar-refractivity contribution >= 4 is 5.97 Å². The van der Waals surface area contributed by atoms with Gasteiger partial charge >= 0.3 is 5.97 Å². The van der Waals surface area contributed by atoms with E-state index in [0.717, 1.165) is 23.3 Å². The van der Waals surface area contributed by atoms with Gasteiger partial charge in [0.15, 0.2) is 0 Å². The zero-order chi connectivity index (χ0) is 11.7. The number of carboxylic acids is 1. The number of hydrogen-bond donors (Lipinski definition) is 1. The first-order valence-electron chi connectivity index (χ1n) is 5.60. The lowest BCUT2D eigenvalue weighted by Crippen LogP contribution is -2.08. The highest BCUT2D eigenvalue weighted by Gasteiger charge is 2.28. The molecule has 0 aromatic heterocycles. The van der Waals surface area contributed by atoms with Gasteiger partial charge in [-0.15, -0.1) is 0 Å². The third kappa shape index (κ3) is 2.03. The topological polar surface area (TPSA) is 46.5 Å². The van der Waals surface area contributed by atoms with Gasteiger partial charge in [-0.25, -0.2) is 0 Å². The van der Waals surface area contributed by atoms with E-state index in [9.17, 15) is 4.79 Å². The molecule has 0 bridgehead atoms. The first-order valence-corrected chi connectivity index (χ1v) is 5.60. The molecule has 0 saturated heterocycles. The number of aliphatic carboxylic acids is 1. The van der Waals surface area contributed by atoms with Crippen molar-refractivity contribution in [2.75, 3.05) is 0 Å². The zero-order valence-corrected chi connectivity index (χ0v) is 9.56. The second-order valence-electron chi connectivity index (χ2n) is 4.46. The molecule has 2 rings (SSSR count). The van der Waals surface area contributed by atoms with Crippen LogP contribution in [-0.2, 0) is 11.2 Å². The van der Waals surface area contributed by atoms with Gasteiger partial charge in [0.05, 0.1) is 12.0 Å². The summed E-state index contributed by atoms with van der Waals surface area (Å²) in [4.78, 5) is 11.0. The van der Waals surface area contributed by atoms with Crippen LogP contribution in [0.25, 0.3) is 0 Å². The van der Waals surface area contributed by atoms with Crippen molar-refractivity contribution in [3.63, 3.8) is 0 Å². The Labute approximate surface area is 95.0 Å². The quantitative estimate of drug-likeness (QED) is 0.851. The SMILES string of the molecule is CC(C)Oc1ccc2c(c1)CCC2C(=O)O. The van der Waals surface area contributed by atoms with Crippen LogP contribution in [0.5, 0.6) is 5.75 Å². The first-order chi connectivity index (χ1) is 7.58. The Morgan fingerprint density at radius 1 is 1.50 bits per heavy atom. The van der Waals surface area contributed by atoms with Crippen molar-refractivity contribution < 1.29 is 14.6 Å². The van der Waals surface area contributed by atoms with Crippen molar-refractivity contribution in [1.29, 1.82) is 0 Å². The van der Waals surface area contributed by atoms with Crippen LogP contribution in [0.3, 0.4) is 0 Å². The molecular formula is C13H16O3. The van der Waals surface area contributed by atoms with E-state index in [4.69, 9.17) is 9.84 Å². The van der Waals surface area contributed by atoms with Crippen molar-refractivity contribution in [2.24, 2.45) is 0 Å². The van der Waals surface area contributed by atoms with E-state index in [-0.39, 0.29) is 12.0 Å². The molecule has 0 spiro atoms. The minimum Gasteiger partial charge on any atom is -0.491 e. The second-order valence-corrected chi connectivity index (χ2v) is 4.46. The van der Waals surface area contributed by atoms with Crippen molar-refractivity contribution in [3.8, 4) is 5.75 Å². The summed E-state index contributed by atoms with van der Waals surface area (Å²) < 4.78 is 5.59. The summed E-state index contributed by atoms with van der Waals surface area (Å²) in [5.74, 6) is -0.223. The molecule has 0 radical (unpaired) electrons. The largest absolute Gasteiger partial charge is 0.491 e.